The molecule has 0 spiro atoms. The van der Waals surface area contributed by atoms with E-state index in [1.807, 2.05) is 14.0 Å². The fourth-order valence-corrected chi connectivity index (χ4v) is 2.43. The SMILES string of the molecule is C[C@@H](Sc1nncn1C)C(=O)c1ccc(Cl)cc1. The van der Waals surface area contributed by atoms with Crippen LogP contribution in [-0.4, -0.2) is 25.8 Å². The van der Waals surface area contributed by atoms with Crippen molar-refractivity contribution in [3.05, 3.63) is 41.2 Å². The molecule has 1 aromatic heterocycles. The summed E-state index contributed by atoms with van der Waals surface area (Å²) in [5, 5.41) is 8.87. The molecule has 0 bridgehead atoms. The number of hydrogen-bond acceptors (Lipinski definition) is 4. The molecule has 0 aliphatic rings. The minimum absolute atomic E-state index is 0.0552. The predicted octanol–water partition coefficient (Wildman–Crippen LogP) is 2.83. The molecule has 6 heteroatoms. The summed E-state index contributed by atoms with van der Waals surface area (Å²) in [6.07, 6.45) is 1.61. The van der Waals surface area contributed by atoms with E-state index in [9.17, 15) is 4.79 Å². The molecule has 1 aromatic carbocycles. The highest BCUT2D eigenvalue weighted by Gasteiger charge is 2.18. The van der Waals surface area contributed by atoms with E-state index in [0.29, 0.717) is 10.6 Å². The number of benzene rings is 1. The Bertz CT molecular complexity index is 553. The molecule has 0 unspecified atom stereocenters. The van der Waals surface area contributed by atoms with Crippen molar-refractivity contribution >= 4 is 29.1 Å². The molecule has 0 amide bonds. The summed E-state index contributed by atoms with van der Waals surface area (Å²) in [7, 11) is 1.85. The van der Waals surface area contributed by atoms with Gasteiger partial charge in [-0.1, -0.05) is 23.4 Å². The van der Waals surface area contributed by atoms with Crippen LogP contribution >= 0.6 is 23.4 Å². The van der Waals surface area contributed by atoms with E-state index in [1.54, 1.807) is 35.2 Å². The number of Topliss-reactive ketones (excluding diaryl/α,β-unsaturated/α-hetero) is 1. The van der Waals surface area contributed by atoms with Crippen LogP contribution in [0.5, 0.6) is 0 Å². The van der Waals surface area contributed by atoms with Gasteiger partial charge in [-0.25, -0.2) is 0 Å². The molecular formula is C12H12ClN3OS. The van der Waals surface area contributed by atoms with Crippen molar-refractivity contribution in [1.29, 1.82) is 0 Å². The summed E-state index contributed by atoms with van der Waals surface area (Å²) < 4.78 is 1.79. The van der Waals surface area contributed by atoms with E-state index in [1.165, 1.54) is 11.8 Å². The van der Waals surface area contributed by atoms with Crippen molar-refractivity contribution in [2.45, 2.75) is 17.3 Å². The number of hydrogen-bond donors (Lipinski definition) is 0. The third-order valence-electron chi connectivity index (χ3n) is 2.45. The normalized spacial score (nSPS) is 12.4. The van der Waals surface area contributed by atoms with Crippen molar-refractivity contribution in [2.75, 3.05) is 0 Å². The number of aryl methyl sites for hydroxylation is 1. The summed E-state index contributed by atoms with van der Waals surface area (Å²) in [6.45, 7) is 1.86. The van der Waals surface area contributed by atoms with E-state index in [-0.39, 0.29) is 11.0 Å². The largest absolute Gasteiger partial charge is 0.312 e. The van der Waals surface area contributed by atoms with Gasteiger partial charge >= 0.3 is 0 Å². The lowest BCUT2D eigenvalue weighted by atomic mass is 10.1. The number of rotatable bonds is 4. The van der Waals surface area contributed by atoms with Crippen molar-refractivity contribution < 1.29 is 4.79 Å². The Morgan fingerprint density at radius 3 is 2.61 bits per heavy atom. The zero-order valence-electron chi connectivity index (χ0n) is 10.0. The molecule has 4 nitrogen and oxygen atoms in total. The van der Waals surface area contributed by atoms with Crippen LogP contribution in [0.1, 0.15) is 17.3 Å². The molecule has 94 valence electrons. The lowest BCUT2D eigenvalue weighted by Gasteiger charge is -2.09. The van der Waals surface area contributed by atoms with E-state index in [2.05, 4.69) is 10.2 Å². The topological polar surface area (TPSA) is 47.8 Å². The molecule has 2 aromatic rings. The molecule has 18 heavy (non-hydrogen) atoms. The monoisotopic (exact) mass is 281 g/mol. The van der Waals surface area contributed by atoms with Crippen LogP contribution in [-0.2, 0) is 7.05 Å². The molecular weight excluding hydrogens is 270 g/mol. The van der Waals surface area contributed by atoms with Gasteiger partial charge in [0.1, 0.15) is 6.33 Å². The molecule has 0 aliphatic carbocycles. The van der Waals surface area contributed by atoms with Gasteiger partial charge in [-0.05, 0) is 31.2 Å². The van der Waals surface area contributed by atoms with Crippen LogP contribution in [0.15, 0.2) is 35.7 Å². The molecule has 1 heterocycles. The molecule has 0 fully saturated rings. The number of carbonyl (C=O) groups is 1. The first-order valence-corrected chi connectivity index (χ1v) is 6.64. The van der Waals surface area contributed by atoms with Gasteiger partial charge in [0.25, 0.3) is 0 Å². The maximum Gasteiger partial charge on any atom is 0.191 e. The summed E-state index contributed by atoms with van der Waals surface area (Å²) in [6, 6.07) is 6.90. The number of ketones is 1. The van der Waals surface area contributed by atoms with E-state index < -0.39 is 0 Å². The fourth-order valence-electron chi connectivity index (χ4n) is 1.44. The molecule has 0 radical (unpaired) electrons. The number of nitrogens with zero attached hydrogens (tertiary/aromatic N) is 3. The maximum absolute atomic E-state index is 12.2. The Morgan fingerprint density at radius 1 is 1.39 bits per heavy atom. The highest BCUT2D eigenvalue weighted by Crippen LogP contribution is 2.23. The van der Waals surface area contributed by atoms with Crippen LogP contribution in [0, 0.1) is 0 Å². The lowest BCUT2D eigenvalue weighted by molar-refractivity contribution is 0.0994. The number of aromatic nitrogens is 3. The summed E-state index contributed by atoms with van der Waals surface area (Å²) >= 11 is 7.18. The van der Waals surface area contributed by atoms with Crippen molar-refractivity contribution in [3.8, 4) is 0 Å². The fraction of sp³-hybridized carbons (Fsp3) is 0.250. The molecule has 2 rings (SSSR count). The first-order chi connectivity index (χ1) is 8.58. The second-order valence-corrected chi connectivity index (χ2v) is 5.60. The van der Waals surface area contributed by atoms with Gasteiger partial charge in [0.15, 0.2) is 10.9 Å². The Hall–Kier alpha value is -1.33. The summed E-state index contributed by atoms with van der Waals surface area (Å²) in [5.74, 6) is 0.0552. The Labute approximate surface area is 114 Å². The first kappa shape index (κ1) is 13.1. The molecule has 0 aliphatic heterocycles. The maximum atomic E-state index is 12.2. The highest BCUT2D eigenvalue weighted by atomic mass is 35.5. The number of thioether (sulfide) groups is 1. The first-order valence-electron chi connectivity index (χ1n) is 5.38. The molecule has 0 saturated heterocycles. The van der Waals surface area contributed by atoms with Crippen LogP contribution in [0.4, 0.5) is 0 Å². The van der Waals surface area contributed by atoms with Gasteiger partial charge in [-0.3, -0.25) is 4.79 Å². The van der Waals surface area contributed by atoms with Gasteiger partial charge in [0.05, 0.1) is 5.25 Å². The molecule has 0 N–H and O–H groups in total. The third-order valence-corrected chi connectivity index (χ3v) is 3.85. The van der Waals surface area contributed by atoms with Gasteiger partial charge in [-0.2, -0.15) is 0 Å². The minimum Gasteiger partial charge on any atom is -0.312 e. The smallest absolute Gasteiger partial charge is 0.191 e. The lowest BCUT2D eigenvalue weighted by Crippen LogP contribution is -2.14. The van der Waals surface area contributed by atoms with E-state index >= 15 is 0 Å². The number of carbonyl (C=O) groups excluding carboxylic acids is 1. The quantitative estimate of drug-likeness (QED) is 0.639. The number of halogens is 1. The van der Waals surface area contributed by atoms with Gasteiger partial charge < -0.3 is 4.57 Å². The zero-order chi connectivity index (χ0) is 13.1. The minimum atomic E-state index is -0.214. The average molecular weight is 282 g/mol. The van der Waals surface area contributed by atoms with E-state index in [0.717, 1.165) is 5.16 Å². The summed E-state index contributed by atoms with van der Waals surface area (Å²) in [4.78, 5) is 12.2. The average Bonchev–Trinajstić information content (AvgIpc) is 2.75. The van der Waals surface area contributed by atoms with Gasteiger partial charge in [0.2, 0.25) is 0 Å². The highest BCUT2D eigenvalue weighted by molar-refractivity contribution is 8.00. The summed E-state index contributed by atoms with van der Waals surface area (Å²) in [5.41, 5.74) is 0.654. The molecule has 0 saturated carbocycles. The van der Waals surface area contributed by atoms with Crippen molar-refractivity contribution in [2.24, 2.45) is 7.05 Å². The second-order valence-electron chi connectivity index (χ2n) is 3.86. The van der Waals surface area contributed by atoms with Crippen LogP contribution in [0.25, 0.3) is 0 Å². The Kier molecular flexibility index (Phi) is 4.04. The van der Waals surface area contributed by atoms with Gasteiger partial charge in [-0.15, -0.1) is 10.2 Å². The van der Waals surface area contributed by atoms with Crippen LogP contribution < -0.4 is 0 Å². The third kappa shape index (κ3) is 2.91. The van der Waals surface area contributed by atoms with Crippen LogP contribution in [0.2, 0.25) is 5.02 Å². The Morgan fingerprint density at radius 2 is 2.06 bits per heavy atom. The van der Waals surface area contributed by atoms with Crippen LogP contribution in [0.3, 0.4) is 0 Å². The van der Waals surface area contributed by atoms with Gasteiger partial charge in [0, 0.05) is 17.6 Å². The van der Waals surface area contributed by atoms with Crippen molar-refractivity contribution in [3.63, 3.8) is 0 Å². The van der Waals surface area contributed by atoms with E-state index in [4.69, 9.17) is 11.6 Å². The standard InChI is InChI=1S/C12H12ClN3OS/c1-8(18-12-15-14-7-16(12)2)11(17)9-3-5-10(13)6-4-9/h3-8H,1-2H3/t8-/m1/s1. The molecule has 1 atom stereocenters. The zero-order valence-corrected chi connectivity index (χ0v) is 11.6. The Balaban J connectivity index is 2.09. The van der Waals surface area contributed by atoms with Crippen molar-refractivity contribution in [1.82, 2.24) is 14.8 Å². The second kappa shape index (κ2) is 5.54. The predicted molar refractivity (Wildman–Crippen MR) is 72.1 cm³/mol.